The first-order valence-corrected chi connectivity index (χ1v) is 7.54. The van der Waals surface area contributed by atoms with Gasteiger partial charge in [0.25, 0.3) is 0 Å². The van der Waals surface area contributed by atoms with E-state index in [0.717, 1.165) is 36.1 Å². The Morgan fingerprint density at radius 2 is 1.81 bits per heavy atom. The zero-order chi connectivity index (χ0) is 14.8. The fourth-order valence-corrected chi connectivity index (χ4v) is 3.08. The van der Waals surface area contributed by atoms with Crippen LogP contribution in [0.2, 0.25) is 0 Å². The Balaban J connectivity index is 1.82. The summed E-state index contributed by atoms with van der Waals surface area (Å²) in [5.41, 5.74) is 4.62. The molecule has 108 valence electrons. The van der Waals surface area contributed by atoms with Gasteiger partial charge in [0.1, 0.15) is 11.9 Å². The zero-order valence-electron chi connectivity index (χ0n) is 12.6. The summed E-state index contributed by atoms with van der Waals surface area (Å²) in [7, 11) is 0. The van der Waals surface area contributed by atoms with E-state index in [4.69, 9.17) is 4.74 Å². The quantitative estimate of drug-likeness (QED) is 0.791. The lowest BCUT2D eigenvalue weighted by molar-refractivity contribution is 0.101. The predicted octanol–water partition coefficient (Wildman–Crippen LogP) is 4.00. The summed E-state index contributed by atoms with van der Waals surface area (Å²) in [5, 5.41) is 0. The van der Waals surface area contributed by atoms with E-state index in [0.29, 0.717) is 0 Å². The van der Waals surface area contributed by atoms with Crippen molar-refractivity contribution in [2.45, 2.75) is 39.2 Å². The molecule has 0 amide bonds. The number of carbonyl (C=O) groups excluding carboxylic acids is 1. The number of hydrogen-bond donors (Lipinski definition) is 0. The molecule has 2 aromatic carbocycles. The van der Waals surface area contributed by atoms with Crippen LogP contribution < -0.4 is 4.74 Å². The van der Waals surface area contributed by atoms with Crippen LogP contribution in [0.15, 0.2) is 42.5 Å². The van der Waals surface area contributed by atoms with Crippen molar-refractivity contribution in [2.24, 2.45) is 0 Å². The number of ether oxygens (including phenoxy) is 1. The van der Waals surface area contributed by atoms with Crippen molar-refractivity contribution in [3.05, 3.63) is 64.7 Å². The van der Waals surface area contributed by atoms with Crippen molar-refractivity contribution < 1.29 is 9.53 Å². The lowest BCUT2D eigenvalue weighted by Gasteiger charge is -2.12. The molecule has 0 aliphatic heterocycles. The van der Waals surface area contributed by atoms with E-state index in [1.54, 1.807) is 6.92 Å². The van der Waals surface area contributed by atoms with Crippen molar-refractivity contribution in [3.8, 4) is 5.75 Å². The third-order valence-corrected chi connectivity index (χ3v) is 4.13. The average Bonchev–Trinajstić information content (AvgIpc) is 2.87. The molecule has 1 atom stereocenters. The summed E-state index contributed by atoms with van der Waals surface area (Å²) in [5.74, 6) is 1.07. The van der Waals surface area contributed by atoms with Crippen LogP contribution in [0.3, 0.4) is 0 Å². The molecule has 2 heteroatoms. The van der Waals surface area contributed by atoms with Crippen molar-refractivity contribution in [2.75, 3.05) is 0 Å². The second-order valence-electron chi connectivity index (χ2n) is 5.65. The summed E-state index contributed by atoms with van der Waals surface area (Å²) < 4.78 is 6.05. The van der Waals surface area contributed by atoms with Crippen LogP contribution in [-0.2, 0) is 19.3 Å². The molecule has 1 aliphatic rings. The van der Waals surface area contributed by atoms with Crippen molar-refractivity contribution in [1.29, 1.82) is 0 Å². The number of Topliss-reactive ketones (excluding diaryl/α,β-unsaturated/α-hetero) is 1. The highest BCUT2D eigenvalue weighted by Crippen LogP contribution is 2.29. The van der Waals surface area contributed by atoms with Crippen LogP contribution >= 0.6 is 0 Å². The van der Waals surface area contributed by atoms with E-state index in [1.165, 1.54) is 11.1 Å². The third kappa shape index (κ3) is 2.85. The Bertz CT molecular complexity index is 659. The maximum atomic E-state index is 11.8. The summed E-state index contributed by atoms with van der Waals surface area (Å²) in [4.78, 5) is 11.8. The maximum Gasteiger partial charge on any atom is 0.160 e. The zero-order valence-corrected chi connectivity index (χ0v) is 12.6. The minimum atomic E-state index is 0.155. The highest BCUT2D eigenvalue weighted by molar-refractivity contribution is 5.96. The number of aryl methyl sites for hydroxylation is 1. The van der Waals surface area contributed by atoms with E-state index >= 15 is 0 Å². The van der Waals surface area contributed by atoms with E-state index in [9.17, 15) is 4.79 Å². The van der Waals surface area contributed by atoms with Gasteiger partial charge in [-0.25, -0.2) is 0 Å². The molecule has 0 heterocycles. The van der Waals surface area contributed by atoms with Crippen LogP contribution in [0.5, 0.6) is 5.75 Å². The van der Waals surface area contributed by atoms with Gasteiger partial charge >= 0.3 is 0 Å². The summed E-state index contributed by atoms with van der Waals surface area (Å²) in [6.07, 6.45) is 2.88. The molecule has 21 heavy (non-hydrogen) atoms. The topological polar surface area (TPSA) is 26.3 Å². The van der Waals surface area contributed by atoms with E-state index in [1.807, 2.05) is 30.3 Å². The van der Waals surface area contributed by atoms with Gasteiger partial charge in [0, 0.05) is 18.4 Å². The van der Waals surface area contributed by atoms with Crippen molar-refractivity contribution in [3.63, 3.8) is 0 Å². The maximum absolute atomic E-state index is 11.8. The van der Waals surface area contributed by atoms with Gasteiger partial charge in [-0.05, 0) is 48.2 Å². The average molecular weight is 280 g/mol. The molecule has 0 fully saturated rings. The molecule has 2 nitrogen and oxygen atoms in total. The first-order chi connectivity index (χ1) is 10.2. The Morgan fingerprint density at radius 1 is 1.14 bits per heavy atom. The second-order valence-corrected chi connectivity index (χ2v) is 5.65. The monoisotopic (exact) mass is 280 g/mol. The van der Waals surface area contributed by atoms with Crippen LogP contribution in [0.25, 0.3) is 0 Å². The van der Waals surface area contributed by atoms with Gasteiger partial charge < -0.3 is 4.74 Å². The molecule has 1 aliphatic carbocycles. The van der Waals surface area contributed by atoms with Crippen molar-refractivity contribution >= 4 is 5.78 Å². The fourth-order valence-electron chi connectivity index (χ4n) is 3.08. The molecule has 0 spiro atoms. The molecule has 1 unspecified atom stereocenters. The minimum Gasteiger partial charge on any atom is -0.490 e. The molecular formula is C19H20O2. The van der Waals surface area contributed by atoms with Gasteiger partial charge in [-0.15, -0.1) is 0 Å². The molecule has 0 saturated carbocycles. The van der Waals surface area contributed by atoms with Crippen LogP contribution in [0.1, 0.15) is 40.9 Å². The number of para-hydroxylation sites is 1. The van der Waals surface area contributed by atoms with Crippen LogP contribution in [0.4, 0.5) is 0 Å². The fraction of sp³-hybridized carbons (Fsp3) is 0.316. The van der Waals surface area contributed by atoms with E-state index in [-0.39, 0.29) is 11.9 Å². The van der Waals surface area contributed by atoms with E-state index < -0.39 is 0 Å². The summed E-state index contributed by atoms with van der Waals surface area (Å²) >= 11 is 0. The number of benzene rings is 2. The molecule has 0 aromatic heterocycles. The lowest BCUT2D eigenvalue weighted by atomic mass is 9.96. The molecule has 0 radical (unpaired) electrons. The van der Waals surface area contributed by atoms with Crippen LogP contribution in [0, 0.1) is 0 Å². The third-order valence-electron chi connectivity index (χ3n) is 4.13. The number of carbonyl (C=O) groups is 1. The summed E-state index contributed by atoms with van der Waals surface area (Å²) in [6, 6.07) is 14.2. The minimum absolute atomic E-state index is 0.155. The molecule has 3 rings (SSSR count). The predicted molar refractivity (Wildman–Crippen MR) is 84.1 cm³/mol. The SMILES string of the molecule is CCc1cc2c(cc1C(C)=O)CC(Oc1ccccc1)C2. The lowest BCUT2D eigenvalue weighted by Crippen LogP contribution is -2.16. The highest BCUT2D eigenvalue weighted by Gasteiger charge is 2.25. The normalized spacial score (nSPS) is 16.6. The van der Waals surface area contributed by atoms with Crippen LogP contribution in [-0.4, -0.2) is 11.9 Å². The van der Waals surface area contributed by atoms with Gasteiger partial charge in [0.05, 0.1) is 0 Å². The Hall–Kier alpha value is -2.09. The van der Waals surface area contributed by atoms with Gasteiger partial charge in [-0.3, -0.25) is 4.79 Å². The largest absolute Gasteiger partial charge is 0.490 e. The Labute approximate surface area is 125 Å². The van der Waals surface area contributed by atoms with Gasteiger partial charge in [0.15, 0.2) is 5.78 Å². The number of hydrogen-bond acceptors (Lipinski definition) is 2. The highest BCUT2D eigenvalue weighted by atomic mass is 16.5. The smallest absolute Gasteiger partial charge is 0.160 e. The van der Waals surface area contributed by atoms with Gasteiger partial charge in [-0.1, -0.05) is 31.2 Å². The standard InChI is InChI=1S/C19H20O2/c1-3-14-9-15-10-18(21-17-7-5-4-6-8-17)11-16(15)12-19(14)13(2)20/h4-9,12,18H,3,10-11H2,1-2H3. The molecule has 0 bridgehead atoms. The molecular weight excluding hydrogens is 260 g/mol. The number of ketones is 1. The second kappa shape index (κ2) is 5.72. The molecule has 2 aromatic rings. The molecule has 0 N–H and O–H groups in total. The van der Waals surface area contributed by atoms with Gasteiger partial charge in [-0.2, -0.15) is 0 Å². The van der Waals surface area contributed by atoms with Crippen molar-refractivity contribution in [1.82, 2.24) is 0 Å². The first kappa shape index (κ1) is 13.9. The number of fused-ring (bicyclic) bond motifs is 1. The Morgan fingerprint density at radius 3 is 2.43 bits per heavy atom. The first-order valence-electron chi connectivity index (χ1n) is 7.54. The molecule has 0 saturated heterocycles. The van der Waals surface area contributed by atoms with Gasteiger partial charge in [0.2, 0.25) is 0 Å². The number of rotatable bonds is 4. The Kier molecular flexibility index (Phi) is 3.78. The van der Waals surface area contributed by atoms with E-state index in [2.05, 4.69) is 19.1 Å². The summed E-state index contributed by atoms with van der Waals surface area (Å²) in [6.45, 7) is 3.74.